The van der Waals surface area contributed by atoms with Gasteiger partial charge < -0.3 is 10.1 Å². The topological polar surface area (TPSA) is 75.7 Å². The van der Waals surface area contributed by atoms with E-state index in [-0.39, 0.29) is 23.5 Å². The van der Waals surface area contributed by atoms with Crippen LogP contribution < -0.4 is 10.1 Å². The number of anilines is 1. The van der Waals surface area contributed by atoms with Gasteiger partial charge in [-0.3, -0.25) is 4.79 Å². The van der Waals surface area contributed by atoms with E-state index in [4.69, 9.17) is 4.74 Å². The van der Waals surface area contributed by atoms with E-state index in [1.165, 1.54) is 38.2 Å². The van der Waals surface area contributed by atoms with Crippen LogP contribution in [0.5, 0.6) is 5.75 Å². The second kappa shape index (κ2) is 7.19. The molecule has 6 nitrogen and oxygen atoms in total. The predicted octanol–water partition coefficient (Wildman–Crippen LogP) is 3.14. The molecular formula is C19H26N2O4S. The molecular weight excluding hydrogens is 352 g/mol. The van der Waals surface area contributed by atoms with Gasteiger partial charge in [0.05, 0.1) is 10.6 Å². The lowest BCUT2D eigenvalue weighted by molar-refractivity contribution is -0.118. The fraction of sp³-hybridized carbons (Fsp3) is 0.632. The third-order valence-electron chi connectivity index (χ3n) is 5.84. The van der Waals surface area contributed by atoms with E-state index in [0.717, 1.165) is 19.3 Å². The zero-order valence-corrected chi connectivity index (χ0v) is 15.8. The van der Waals surface area contributed by atoms with Gasteiger partial charge in [-0.1, -0.05) is 32.1 Å². The summed E-state index contributed by atoms with van der Waals surface area (Å²) in [6.45, 7) is 0.550. The molecule has 1 aliphatic carbocycles. The van der Waals surface area contributed by atoms with Gasteiger partial charge >= 0.3 is 0 Å². The lowest BCUT2D eigenvalue weighted by atomic mass is 9.84. The fourth-order valence-electron chi connectivity index (χ4n) is 4.53. The number of rotatable bonds is 4. The Kier molecular flexibility index (Phi) is 4.92. The molecule has 0 spiro atoms. The number of nitrogens with one attached hydrogen (secondary N) is 1. The Bertz CT molecular complexity index is 787. The number of nitrogens with zero attached hydrogens (tertiary/aromatic N) is 1. The van der Waals surface area contributed by atoms with E-state index in [0.29, 0.717) is 23.9 Å². The van der Waals surface area contributed by atoms with Gasteiger partial charge in [0, 0.05) is 12.6 Å². The van der Waals surface area contributed by atoms with Gasteiger partial charge in [0.25, 0.3) is 5.91 Å². The molecule has 26 heavy (non-hydrogen) atoms. The standard InChI is InChI=1S/C19H26N2O4S/c22-19-13-25-18-9-8-16(12-17(18)20-19)26(23,24)21-10-4-7-15(21)11-14-5-2-1-3-6-14/h8-9,12,14-15H,1-7,10-11,13H2,(H,20,22)/t15-/m1/s1. The Morgan fingerprint density at radius 2 is 1.92 bits per heavy atom. The van der Waals surface area contributed by atoms with Crippen molar-refractivity contribution in [1.82, 2.24) is 4.31 Å². The first-order valence-electron chi connectivity index (χ1n) is 9.62. The number of benzene rings is 1. The Hall–Kier alpha value is -1.60. The average Bonchev–Trinajstić information content (AvgIpc) is 3.11. The number of sulfonamides is 1. The number of hydrogen-bond donors (Lipinski definition) is 1. The van der Waals surface area contributed by atoms with Crippen LogP contribution in [0.2, 0.25) is 0 Å². The van der Waals surface area contributed by atoms with Crippen LogP contribution in [-0.4, -0.2) is 37.8 Å². The molecule has 1 N–H and O–H groups in total. The van der Waals surface area contributed by atoms with Crippen molar-refractivity contribution < 1.29 is 17.9 Å². The zero-order chi connectivity index (χ0) is 18.1. The second-order valence-electron chi connectivity index (χ2n) is 7.65. The van der Waals surface area contributed by atoms with Crippen molar-refractivity contribution >= 4 is 21.6 Å². The van der Waals surface area contributed by atoms with Gasteiger partial charge in [-0.2, -0.15) is 4.31 Å². The van der Waals surface area contributed by atoms with Crippen LogP contribution in [0.4, 0.5) is 5.69 Å². The van der Waals surface area contributed by atoms with Crippen molar-refractivity contribution in [2.24, 2.45) is 5.92 Å². The van der Waals surface area contributed by atoms with Crippen LogP contribution >= 0.6 is 0 Å². The molecule has 0 aromatic heterocycles. The van der Waals surface area contributed by atoms with E-state index in [1.54, 1.807) is 16.4 Å². The van der Waals surface area contributed by atoms with Gasteiger partial charge in [0.1, 0.15) is 5.75 Å². The molecule has 142 valence electrons. The van der Waals surface area contributed by atoms with E-state index < -0.39 is 10.0 Å². The number of amides is 1. The molecule has 2 aliphatic heterocycles. The highest BCUT2D eigenvalue weighted by Crippen LogP contribution is 2.36. The van der Waals surface area contributed by atoms with Gasteiger partial charge in [-0.05, 0) is 43.4 Å². The summed E-state index contributed by atoms with van der Waals surface area (Å²) in [6, 6.07) is 4.85. The van der Waals surface area contributed by atoms with Crippen LogP contribution in [0.15, 0.2) is 23.1 Å². The maximum Gasteiger partial charge on any atom is 0.262 e. The number of fused-ring (bicyclic) bond motifs is 1. The molecule has 0 unspecified atom stereocenters. The Morgan fingerprint density at radius 1 is 1.12 bits per heavy atom. The number of carbonyl (C=O) groups is 1. The molecule has 1 saturated carbocycles. The first-order valence-corrected chi connectivity index (χ1v) is 11.1. The highest BCUT2D eigenvalue weighted by Gasteiger charge is 2.37. The van der Waals surface area contributed by atoms with Gasteiger partial charge in [-0.15, -0.1) is 0 Å². The van der Waals surface area contributed by atoms with Gasteiger partial charge in [0.15, 0.2) is 6.61 Å². The summed E-state index contributed by atoms with van der Waals surface area (Å²) >= 11 is 0. The van der Waals surface area contributed by atoms with Crippen LogP contribution in [-0.2, 0) is 14.8 Å². The second-order valence-corrected chi connectivity index (χ2v) is 9.54. The minimum atomic E-state index is -3.56. The van der Waals surface area contributed by atoms with Gasteiger partial charge in [-0.25, -0.2) is 8.42 Å². The molecule has 1 saturated heterocycles. The van der Waals surface area contributed by atoms with Crippen molar-refractivity contribution in [1.29, 1.82) is 0 Å². The molecule has 1 atom stereocenters. The molecule has 0 bridgehead atoms. The highest BCUT2D eigenvalue weighted by molar-refractivity contribution is 7.89. The Balaban J connectivity index is 1.55. The number of carbonyl (C=O) groups excluding carboxylic acids is 1. The first-order chi connectivity index (χ1) is 12.5. The minimum Gasteiger partial charge on any atom is -0.482 e. The normalized spacial score (nSPS) is 24.8. The molecule has 7 heteroatoms. The van der Waals surface area contributed by atoms with E-state index in [1.807, 2.05) is 0 Å². The van der Waals surface area contributed by atoms with E-state index >= 15 is 0 Å². The van der Waals surface area contributed by atoms with E-state index in [9.17, 15) is 13.2 Å². The summed E-state index contributed by atoms with van der Waals surface area (Å²) in [6.07, 6.45) is 9.15. The average molecular weight is 378 g/mol. The van der Waals surface area contributed by atoms with Gasteiger partial charge in [0.2, 0.25) is 10.0 Å². The van der Waals surface area contributed by atoms with E-state index in [2.05, 4.69) is 5.32 Å². The summed E-state index contributed by atoms with van der Waals surface area (Å²) < 4.78 is 33.5. The summed E-state index contributed by atoms with van der Waals surface area (Å²) in [5.74, 6) is 0.910. The fourth-order valence-corrected chi connectivity index (χ4v) is 6.26. The lowest BCUT2D eigenvalue weighted by Crippen LogP contribution is -2.37. The Morgan fingerprint density at radius 3 is 2.73 bits per heavy atom. The van der Waals surface area contributed by atoms with Crippen LogP contribution in [0, 0.1) is 5.92 Å². The van der Waals surface area contributed by atoms with Crippen LogP contribution in [0.3, 0.4) is 0 Å². The SMILES string of the molecule is O=C1COc2ccc(S(=O)(=O)N3CCC[C@@H]3CC3CCCCC3)cc2N1. The highest BCUT2D eigenvalue weighted by atomic mass is 32.2. The molecule has 2 fully saturated rings. The number of hydrogen-bond acceptors (Lipinski definition) is 4. The quantitative estimate of drug-likeness (QED) is 0.873. The summed E-state index contributed by atoms with van der Waals surface area (Å²) in [5.41, 5.74) is 0.436. The van der Waals surface area contributed by atoms with Crippen LogP contribution in [0.1, 0.15) is 51.4 Å². The smallest absolute Gasteiger partial charge is 0.262 e. The van der Waals surface area contributed by atoms with Crippen molar-refractivity contribution in [3.05, 3.63) is 18.2 Å². The predicted molar refractivity (Wildman–Crippen MR) is 98.7 cm³/mol. The summed E-state index contributed by atoms with van der Waals surface area (Å²) in [7, 11) is -3.56. The lowest BCUT2D eigenvalue weighted by Gasteiger charge is -2.30. The third-order valence-corrected chi connectivity index (χ3v) is 7.79. The van der Waals surface area contributed by atoms with Crippen molar-refractivity contribution in [3.8, 4) is 5.75 Å². The van der Waals surface area contributed by atoms with Crippen molar-refractivity contribution in [3.63, 3.8) is 0 Å². The first kappa shape index (κ1) is 17.8. The summed E-state index contributed by atoms with van der Waals surface area (Å²) in [5, 5.41) is 2.69. The zero-order valence-electron chi connectivity index (χ0n) is 14.9. The molecule has 1 amide bonds. The molecule has 4 rings (SSSR count). The largest absolute Gasteiger partial charge is 0.482 e. The van der Waals surface area contributed by atoms with Crippen LogP contribution in [0.25, 0.3) is 0 Å². The molecule has 1 aromatic carbocycles. The molecule has 2 heterocycles. The summed E-state index contributed by atoms with van der Waals surface area (Å²) in [4.78, 5) is 11.8. The Labute approximate surface area is 155 Å². The minimum absolute atomic E-state index is 0.0331. The molecule has 0 radical (unpaired) electrons. The monoisotopic (exact) mass is 378 g/mol. The maximum absolute atomic E-state index is 13.2. The molecule has 3 aliphatic rings. The maximum atomic E-state index is 13.2. The van der Waals surface area contributed by atoms with Crippen molar-refractivity contribution in [2.45, 2.75) is 62.3 Å². The molecule has 1 aromatic rings. The third kappa shape index (κ3) is 3.47. The number of ether oxygens (including phenoxy) is 1. The van der Waals surface area contributed by atoms with Crippen molar-refractivity contribution in [2.75, 3.05) is 18.5 Å².